The Morgan fingerprint density at radius 3 is 2.52 bits per heavy atom. The lowest BCUT2D eigenvalue weighted by Gasteiger charge is -2.20. The fourth-order valence-electron chi connectivity index (χ4n) is 2.31. The zero-order valence-electron chi connectivity index (χ0n) is 14.4. The number of nitrogens with one attached hydrogen (secondary N) is 1. The van der Waals surface area contributed by atoms with Crippen LogP contribution in [0.2, 0.25) is 0 Å². The van der Waals surface area contributed by atoms with E-state index in [1.165, 1.54) is 0 Å². The van der Waals surface area contributed by atoms with Gasteiger partial charge in [0.1, 0.15) is 11.6 Å². The highest BCUT2D eigenvalue weighted by molar-refractivity contribution is 5.97. The van der Waals surface area contributed by atoms with E-state index in [-0.39, 0.29) is 17.5 Å². The fourth-order valence-corrected chi connectivity index (χ4v) is 2.31. The third kappa shape index (κ3) is 6.56. The van der Waals surface area contributed by atoms with Crippen LogP contribution < -0.4 is 5.32 Å². The Morgan fingerprint density at radius 1 is 1.26 bits per heavy atom. The van der Waals surface area contributed by atoms with E-state index in [9.17, 15) is 10.1 Å². The number of carbonyl (C=O) groups excluding carboxylic acids is 1. The summed E-state index contributed by atoms with van der Waals surface area (Å²) in [7, 11) is 0. The minimum atomic E-state index is -0.318. The standard InChI is InChI=1S/C19H27N3O/c1-4-6-13-22(12-5-2)15-18(14-20)19(23)21-16(3)17-10-8-7-9-11-17/h7-11,15-16H,4-6,12-13H2,1-3H3,(H,21,23)/b18-15-. The van der Waals surface area contributed by atoms with Gasteiger partial charge in [0.2, 0.25) is 0 Å². The Bertz CT molecular complexity index is 545. The number of hydrogen-bond donors (Lipinski definition) is 1. The molecule has 1 unspecified atom stereocenters. The lowest BCUT2D eigenvalue weighted by Crippen LogP contribution is -2.29. The van der Waals surface area contributed by atoms with Crippen LogP contribution >= 0.6 is 0 Å². The number of rotatable bonds is 9. The van der Waals surface area contributed by atoms with Gasteiger partial charge in [0.15, 0.2) is 0 Å². The minimum Gasteiger partial charge on any atom is -0.376 e. The van der Waals surface area contributed by atoms with Crippen molar-refractivity contribution in [3.63, 3.8) is 0 Å². The molecule has 23 heavy (non-hydrogen) atoms. The van der Waals surface area contributed by atoms with Gasteiger partial charge in [0, 0.05) is 19.3 Å². The van der Waals surface area contributed by atoms with Crippen LogP contribution in [0.25, 0.3) is 0 Å². The number of amides is 1. The van der Waals surface area contributed by atoms with Crippen LogP contribution in [0.5, 0.6) is 0 Å². The summed E-state index contributed by atoms with van der Waals surface area (Å²) in [4.78, 5) is 14.4. The number of carbonyl (C=O) groups is 1. The Kier molecular flexibility index (Phi) is 8.52. The molecule has 0 spiro atoms. The SMILES string of the molecule is CCCCN(/C=C(/C#N)C(=O)NC(C)c1ccccc1)CCC. The first-order chi connectivity index (χ1) is 11.1. The fraction of sp³-hybridized carbons (Fsp3) is 0.474. The molecule has 1 amide bonds. The largest absolute Gasteiger partial charge is 0.376 e. The van der Waals surface area contributed by atoms with Crippen molar-refractivity contribution < 1.29 is 4.79 Å². The number of unbranched alkanes of at least 4 members (excludes halogenated alkanes) is 1. The molecule has 4 heteroatoms. The van der Waals surface area contributed by atoms with Crippen molar-refractivity contribution in [2.75, 3.05) is 13.1 Å². The van der Waals surface area contributed by atoms with Gasteiger partial charge in [0.05, 0.1) is 6.04 Å². The van der Waals surface area contributed by atoms with Crippen LogP contribution in [0.15, 0.2) is 42.1 Å². The number of nitrogens with zero attached hydrogens (tertiary/aromatic N) is 2. The van der Waals surface area contributed by atoms with Crippen LogP contribution in [0.3, 0.4) is 0 Å². The molecule has 0 fully saturated rings. The average molecular weight is 313 g/mol. The monoisotopic (exact) mass is 313 g/mol. The number of nitriles is 1. The van der Waals surface area contributed by atoms with Crippen molar-refractivity contribution in [1.82, 2.24) is 10.2 Å². The first-order valence-corrected chi connectivity index (χ1v) is 8.34. The lowest BCUT2D eigenvalue weighted by atomic mass is 10.1. The van der Waals surface area contributed by atoms with Gasteiger partial charge in [0.25, 0.3) is 5.91 Å². The molecule has 0 heterocycles. The highest BCUT2D eigenvalue weighted by atomic mass is 16.1. The highest BCUT2D eigenvalue weighted by Gasteiger charge is 2.14. The second-order valence-electron chi connectivity index (χ2n) is 5.65. The molecule has 0 aliphatic carbocycles. The summed E-state index contributed by atoms with van der Waals surface area (Å²) in [6, 6.07) is 11.6. The highest BCUT2D eigenvalue weighted by Crippen LogP contribution is 2.12. The van der Waals surface area contributed by atoms with Gasteiger partial charge in [-0.25, -0.2) is 0 Å². The minimum absolute atomic E-state index is 0.129. The molecule has 1 aromatic rings. The third-order valence-electron chi connectivity index (χ3n) is 3.63. The Balaban J connectivity index is 2.76. The molecule has 1 rings (SSSR count). The molecule has 0 aliphatic rings. The molecule has 1 aromatic carbocycles. The predicted octanol–water partition coefficient (Wildman–Crippen LogP) is 3.78. The smallest absolute Gasteiger partial charge is 0.263 e. The van der Waals surface area contributed by atoms with Crippen molar-refractivity contribution in [3.05, 3.63) is 47.7 Å². The van der Waals surface area contributed by atoms with E-state index in [2.05, 4.69) is 24.1 Å². The first kappa shape index (κ1) is 18.8. The van der Waals surface area contributed by atoms with Gasteiger partial charge in [-0.1, -0.05) is 50.6 Å². The Labute approximate surface area is 139 Å². The normalized spacial score (nSPS) is 12.3. The lowest BCUT2D eigenvalue weighted by molar-refractivity contribution is -0.117. The van der Waals surface area contributed by atoms with E-state index in [4.69, 9.17) is 0 Å². The van der Waals surface area contributed by atoms with Gasteiger partial charge in [-0.2, -0.15) is 5.26 Å². The molecule has 0 bridgehead atoms. The van der Waals surface area contributed by atoms with Crippen molar-refractivity contribution in [2.45, 2.75) is 46.1 Å². The molecule has 0 saturated heterocycles. The Hall–Kier alpha value is -2.28. The van der Waals surface area contributed by atoms with Crippen LogP contribution in [-0.2, 0) is 4.79 Å². The van der Waals surface area contributed by atoms with Crippen molar-refractivity contribution >= 4 is 5.91 Å². The maximum Gasteiger partial charge on any atom is 0.263 e. The topological polar surface area (TPSA) is 56.1 Å². The van der Waals surface area contributed by atoms with E-state index >= 15 is 0 Å². The molecule has 1 N–H and O–H groups in total. The molecular formula is C19H27N3O. The summed E-state index contributed by atoms with van der Waals surface area (Å²) in [5.41, 5.74) is 1.19. The van der Waals surface area contributed by atoms with Gasteiger partial charge >= 0.3 is 0 Å². The maximum absolute atomic E-state index is 12.3. The number of hydrogen-bond acceptors (Lipinski definition) is 3. The van der Waals surface area contributed by atoms with Crippen molar-refractivity contribution in [1.29, 1.82) is 5.26 Å². The van der Waals surface area contributed by atoms with Gasteiger partial charge in [-0.3, -0.25) is 4.79 Å². The molecular weight excluding hydrogens is 286 g/mol. The summed E-state index contributed by atoms with van der Waals surface area (Å²) >= 11 is 0. The summed E-state index contributed by atoms with van der Waals surface area (Å²) in [5, 5.41) is 12.2. The second-order valence-corrected chi connectivity index (χ2v) is 5.65. The third-order valence-corrected chi connectivity index (χ3v) is 3.63. The van der Waals surface area contributed by atoms with Crippen LogP contribution in [-0.4, -0.2) is 23.9 Å². The molecule has 124 valence electrons. The molecule has 4 nitrogen and oxygen atoms in total. The van der Waals surface area contributed by atoms with E-state index in [0.29, 0.717) is 0 Å². The second kappa shape index (κ2) is 10.4. The van der Waals surface area contributed by atoms with Crippen LogP contribution in [0.1, 0.15) is 51.6 Å². The summed E-state index contributed by atoms with van der Waals surface area (Å²) in [6.45, 7) is 7.87. The molecule has 0 aliphatic heterocycles. The maximum atomic E-state index is 12.3. The summed E-state index contributed by atoms with van der Waals surface area (Å²) < 4.78 is 0. The summed E-state index contributed by atoms with van der Waals surface area (Å²) in [6.07, 6.45) is 4.83. The van der Waals surface area contributed by atoms with Crippen molar-refractivity contribution in [3.8, 4) is 6.07 Å². The van der Waals surface area contributed by atoms with Gasteiger partial charge < -0.3 is 10.2 Å². The van der Waals surface area contributed by atoms with Crippen molar-refractivity contribution in [2.24, 2.45) is 0 Å². The average Bonchev–Trinajstić information content (AvgIpc) is 2.57. The van der Waals surface area contributed by atoms with E-state index in [0.717, 1.165) is 37.9 Å². The molecule has 0 saturated carbocycles. The molecule has 1 atom stereocenters. The molecule has 0 aromatic heterocycles. The van der Waals surface area contributed by atoms with E-state index in [1.54, 1.807) is 6.20 Å². The van der Waals surface area contributed by atoms with Crippen LogP contribution in [0, 0.1) is 11.3 Å². The van der Waals surface area contributed by atoms with E-state index in [1.807, 2.05) is 43.3 Å². The zero-order valence-corrected chi connectivity index (χ0v) is 14.4. The van der Waals surface area contributed by atoms with Gasteiger partial charge in [-0.05, 0) is 25.3 Å². The van der Waals surface area contributed by atoms with E-state index < -0.39 is 0 Å². The first-order valence-electron chi connectivity index (χ1n) is 8.34. The number of benzene rings is 1. The van der Waals surface area contributed by atoms with Crippen LogP contribution in [0.4, 0.5) is 0 Å². The predicted molar refractivity (Wildman–Crippen MR) is 93.5 cm³/mol. The zero-order chi connectivity index (χ0) is 17.1. The quantitative estimate of drug-likeness (QED) is 0.557. The summed E-state index contributed by atoms with van der Waals surface area (Å²) in [5.74, 6) is -0.318. The van der Waals surface area contributed by atoms with Gasteiger partial charge in [-0.15, -0.1) is 0 Å². The molecule has 0 radical (unpaired) electrons. The Morgan fingerprint density at radius 2 is 1.96 bits per heavy atom.